The highest BCUT2D eigenvalue weighted by Crippen LogP contribution is 2.34. The molecule has 0 aromatic heterocycles. The summed E-state index contributed by atoms with van der Waals surface area (Å²) in [5.41, 5.74) is 2.48. The third-order valence-corrected chi connectivity index (χ3v) is 3.12. The van der Waals surface area contributed by atoms with Crippen LogP contribution in [-0.4, -0.2) is 0 Å². The van der Waals surface area contributed by atoms with Gasteiger partial charge in [0.15, 0.2) is 0 Å². The summed E-state index contributed by atoms with van der Waals surface area (Å²) in [6, 6.07) is 10.4. The van der Waals surface area contributed by atoms with E-state index in [0.29, 0.717) is 0 Å². The van der Waals surface area contributed by atoms with Gasteiger partial charge in [-0.25, -0.2) is 0 Å². The summed E-state index contributed by atoms with van der Waals surface area (Å²) in [5, 5.41) is 0. The van der Waals surface area contributed by atoms with Gasteiger partial charge in [-0.1, -0.05) is 60.7 Å². The summed E-state index contributed by atoms with van der Waals surface area (Å²) in [6.45, 7) is 7.75. The zero-order chi connectivity index (χ0) is 11.4. The third-order valence-electron chi connectivity index (χ3n) is 3.12. The van der Waals surface area contributed by atoms with Crippen molar-refractivity contribution in [3.05, 3.63) is 79.4 Å². The van der Waals surface area contributed by atoms with Crippen molar-refractivity contribution >= 4 is 5.57 Å². The summed E-state index contributed by atoms with van der Waals surface area (Å²) >= 11 is 0. The average Bonchev–Trinajstić information content (AvgIpc) is 2.40. The lowest BCUT2D eigenvalue weighted by atomic mass is 9.79. The largest absolute Gasteiger partial charge is 0.102 e. The molecule has 16 heavy (non-hydrogen) atoms. The van der Waals surface area contributed by atoms with E-state index in [1.165, 1.54) is 11.1 Å². The van der Waals surface area contributed by atoms with Crippen LogP contribution in [0.2, 0.25) is 0 Å². The number of hydrogen-bond donors (Lipinski definition) is 0. The number of allylic oxidation sites excluding steroid dienone is 6. The molecule has 0 spiro atoms. The lowest BCUT2D eigenvalue weighted by Crippen LogP contribution is -2.12. The fourth-order valence-electron chi connectivity index (χ4n) is 1.90. The Kier molecular flexibility index (Phi) is 2.91. The second-order valence-electron chi connectivity index (χ2n) is 4.08. The summed E-state index contributed by atoms with van der Waals surface area (Å²) in [5.74, 6) is 0. The maximum absolute atomic E-state index is 3.87. The Labute approximate surface area is 97.3 Å². The predicted molar refractivity (Wildman–Crippen MR) is 71.0 cm³/mol. The van der Waals surface area contributed by atoms with Gasteiger partial charge in [-0.15, -0.1) is 13.2 Å². The van der Waals surface area contributed by atoms with E-state index >= 15 is 0 Å². The van der Waals surface area contributed by atoms with E-state index in [1.807, 2.05) is 18.2 Å². The van der Waals surface area contributed by atoms with Crippen molar-refractivity contribution in [1.29, 1.82) is 0 Å². The zero-order valence-electron chi connectivity index (χ0n) is 9.39. The molecule has 0 heterocycles. The molecule has 0 bridgehead atoms. The predicted octanol–water partition coefficient (Wildman–Crippen LogP) is 4.39. The van der Waals surface area contributed by atoms with Crippen molar-refractivity contribution in [2.75, 3.05) is 0 Å². The molecule has 2 rings (SSSR count). The van der Waals surface area contributed by atoms with Crippen LogP contribution in [0.4, 0.5) is 0 Å². The van der Waals surface area contributed by atoms with Crippen molar-refractivity contribution in [2.45, 2.75) is 6.42 Å². The van der Waals surface area contributed by atoms with Gasteiger partial charge in [0.25, 0.3) is 0 Å². The summed E-state index contributed by atoms with van der Waals surface area (Å²) in [7, 11) is 0. The van der Waals surface area contributed by atoms with Gasteiger partial charge in [-0.05, 0) is 17.6 Å². The Balaban J connectivity index is 2.26. The summed E-state index contributed by atoms with van der Waals surface area (Å²) in [4.78, 5) is 0. The van der Waals surface area contributed by atoms with Crippen molar-refractivity contribution < 1.29 is 0 Å². The van der Waals surface area contributed by atoms with Crippen LogP contribution in [0.1, 0.15) is 12.0 Å². The van der Waals surface area contributed by atoms with Crippen molar-refractivity contribution in [1.82, 2.24) is 0 Å². The minimum atomic E-state index is -0.0573. The molecular formula is C16H16. The minimum absolute atomic E-state index is 0.0573. The van der Waals surface area contributed by atoms with E-state index < -0.39 is 0 Å². The Bertz CT molecular complexity index is 438. The van der Waals surface area contributed by atoms with Gasteiger partial charge >= 0.3 is 0 Å². The first kappa shape index (κ1) is 10.7. The molecule has 0 heteroatoms. The molecule has 1 aromatic carbocycles. The van der Waals surface area contributed by atoms with Crippen molar-refractivity contribution in [3.63, 3.8) is 0 Å². The topological polar surface area (TPSA) is 0 Å². The Morgan fingerprint density at radius 2 is 1.75 bits per heavy atom. The molecule has 1 aliphatic rings. The number of rotatable bonds is 3. The average molecular weight is 208 g/mol. The molecule has 0 amide bonds. The molecular weight excluding hydrogens is 192 g/mol. The van der Waals surface area contributed by atoms with E-state index in [9.17, 15) is 0 Å². The van der Waals surface area contributed by atoms with Gasteiger partial charge in [-0.3, -0.25) is 0 Å². The van der Waals surface area contributed by atoms with Crippen LogP contribution < -0.4 is 0 Å². The highest BCUT2D eigenvalue weighted by Gasteiger charge is 2.20. The van der Waals surface area contributed by atoms with Gasteiger partial charge in [0, 0.05) is 5.41 Å². The van der Waals surface area contributed by atoms with E-state index in [2.05, 4.69) is 55.7 Å². The quantitative estimate of drug-likeness (QED) is 0.646. The molecule has 0 atom stereocenters. The maximum Gasteiger partial charge on any atom is 0.0274 e. The molecule has 0 radical (unpaired) electrons. The molecule has 0 saturated carbocycles. The van der Waals surface area contributed by atoms with Gasteiger partial charge in [0.05, 0.1) is 0 Å². The highest BCUT2D eigenvalue weighted by atomic mass is 14.2. The van der Waals surface area contributed by atoms with Crippen LogP contribution in [0.15, 0.2) is 73.9 Å². The molecule has 1 aromatic rings. The number of hydrogen-bond acceptors (Lipinski definition) is 0. The van der Waals surface area contributed by atoms with Crippen LogP contribution >= 0.6 is 0 Å². The van der Waals surface area contributed by atoms with Gasteiger partial charge in [0.2, 0.25) is 0 Å². The van der Waals surface area contributed by atoms with Crippen LogP contribution in [-0.2, 0) is 0 Å². The third kappa shape index (κ3) is 1.92. The van der Waals surface area contributed by atoms with E-state index in [1.54, 1.807) is 0 Å². The highest BCUT2D eigenvalue weighted by molar-refractivity contribution is 5.75. The first-order valence-corrected chi connectivity index (χ1v) is 5.52. The minimum Gasteiger partial charge on any atom is -0.102 e. The van der Waals surface area contributed by atoms with E-state index in [0.717, 1.165) is 6.42 Å². The van der Waals surface area contributed by atoms with Crippen LogP contribution in [0.3, 0.4) is 0 Å². The smallest absolute Gasteiger partial charge is 0.0274 e. The molecule has 0 fully saturated rings. The standard InChI is InChI=1S/C16H16/c1-3-16(4-2)12-10-15(11-13-16)14-8-6-5-7-9-14/h3-12H,1-2,13H2. The van der Waals surface area contributed by atoms with Crippen molar-refractivity contribution in [2.24, 2.45) is 5.41 Å². The second kappa shape index (κ2) is 4.36. The Morgan fingerprint density at radius 1 is 1.06 bits per heavy atom. The SMILES string of the molecule is C=CC1(C=C)C=CC(c2ccccc2)=CC1. The lowest BCUT2D eigenvalue weighted by Gasteiger charge is -2.25. The Morgan fingerprint density at radius 3 is 2.25 bits per heavy atom. The molecule has 1 aliphatic carbocycles. The van der Waals surface area contributed by atoms with Gasteiger partial charge in [0.1, 0.15) is 0 Å². The van der Waals surface area contributed by atoms with Crippen molar-refractivity contribution in [3.8, 4) is 0 Å². The zero-order valence-corrected chi connectivity index (χ0v) is 9.39. The molecule has 80 valence electrons. The van der Waals surface area contributed by atoms with Gasteiger partial charge < -0.3 is 0 Å². The fourth-order valence-corrected chi connectivity index (χ4v) is 1.90. The van der Waals surface area contributed by atoms with Crippen LogP contribution in [0, 0.1) is 5.41 Å². The van der Waals surface area contributed by atoms with Gasteiger partial charge in [-0.2, -0.15) is 0 Å². The van der Waals surface area contributed by atoms with E-state index in [4.69, 9.17) is 0 Å². The van der Waals surface area contributed by atoms with Crippen LogP contribution in [0.25, 0.3) is 5.57 Å². The first-order valence-electron chi connectivity index (χ1n) is 5.52. The summed E-state index contributed by atoms with van der Waals surface area (Å²) < 4.78 is 0. The molecule has 0 N–H and O–H groups in total. The molecule has 0 nitrogen and oxygen atoms in total. The maximum atomic E-state index is 3.87. The first-order chi connectivity index (χ1) is 7.79. The Hall–Kier alpha value is -1.82. The summed E-state index contributed by atoms with van der Waals surface area (Å²) in [6.07, 6.45) is 11.4. The van der Waals surface area contributed by atoms with Crippen LogP contribution in [0.5, 0.6) is 0 Å². The number of benzene rings is 1. The fraction of sp³-hybridized carbons (Fsp3) is 0.125. The van der Waals surface area contributed by atoms with E-state index in [-0.39, 0.29) is 5.41 Å². The molecule has 0 aliphatic heterocycles. The molecule has 0 saturated heterocycles. The second-order valence-corrected chi connectivity index (χ2v) is 4.08. The monoisotopic (exact) mass is 208 g/mol. The normalized spacial score (nSPS) is 17.6. The lowest BCUT2D eigenvalue weighted by molar-refractivity contribution is 0.640. The molecule has 0 unspecified atom stereocenters.